The Kier molecular flexibility index (Phi) is 6.34. The van der Waals surface area contributed by atoms with Gasteiger partial charge < -0.3 is 14.8 Å². The van der Waals surface area contributed by atoms with Gasteiger partial charge in [-0.3, -0.25) is 9.10 Å². The van der Waals surface area contributed by atoms with Gasteiger partial charge in [0.15, 0.2) is 16.4 Å². The highest BCUT2D eigenvalue weighted by molar-refractivity contribution is 7.97. The lowest BCUT2D eigenvalue weighted by molar-refractivity contribution is -0.112. The minimum Gasteiger partial charge on any atom is -0.493 e. The van der Waals surface area contributed by atoms with Crippen LogP contribution in [0, 0.1) is 6.92 Å². The smallest absolute Gasteiger partial charge is 0.270 e. The average molecular weight is 479 g/mol. The fraction of sp³-hybridized carbons (Fsp3) is 0.192. The molecule has 0 unspecified atom stereocenters. The van der Waals surface area contributed by atoms with E-state index < -0.39 is 15.9 Å². The van der Waals surface area contributed by atoms with Crippen molar-refractivity contribution in [3.05, 3.63) is 88.3 Å². The van der Waals surface area contributed by atoms with Crippen LogP contribution in [0.2, 0.25) is 0 Å². The second-order valence-electron chi connectivity index (χ2n) is 8.00. The van der Waals surface area contributed by atoms with Crippen LogP contribution in [0.25, 0.3) is 5.57 Å². The number of rotatable bonds is 6. The van der Waals surface area contributed by atoms with Crippen molar-refractivity contribution in [3.63, 3.8) is 0 Å². The van der Waals surface area contributed by atoms with Crippen LogP contribution in [-0.2, 0) is 21.4 Å². The second kappa shape index (κ2) is 9.23. The number of ether oxygens (including phenoxy) is 2. The van der Waals surface area contributed by atoms with Crippen LogP contribution in [0.1, 0.15) is 23.6 Å². The Morgan fingerprint density at radius 2 is 1.53 bits per heavy atom. The Morgan fingerprint density at radius 1 is 0.912 bits per heavy atom. The Labute approximate surface area is 199 Å². The molecule has 1 N–H and O–H groups in total. The first-order valence-corrected chi connectivity index (χ1v) is 12.1. The highest BCUT2D eigenvalue weighted by Gasteiger charge is 2.40. The van der Waals surface area contributed by atoms with Crippen molar-refractivity contribution in [1.82, 2.24) is 0 Å². The van der Waals surface area contributed by atoms with Crippen LogP contribution in [0.15, 0.2) is 71.6 Å². The SMILES string of the molecule is COc1cc2c(cc1OC)N(Cc1ccccc1)S(=O)(=O)C(C(=O)Nc1ccc(C)cc1)=C2C. The van der Waals surface area contributed by atoms with Crippen LogP contribution in [-0.4, -0.2) is 28.5 Å². The molecule has 8 heteroatoms. The van der Waals surface area contributed by atoms with Crippen molar-refractivity contribution >= 4 is 32.9 Å². The third-order valence-electron chi connectivity index (χ3n) is 5.75. The molecular formula is C26H26N2O5S. The molecule has 7 nitrogen and oxygen atoms in total. The predicted octanol–water partition coefficient (Wildman–Crippen LogP) is 4.73. The number of hydrogen-bond donors (Lipinski definition) is 1. The van der Waals surface area contributed by atoms with Gasteiger partial charge in [-0.05, 0) is 43.2 Å². The van der Waals surface area contributed by atoms with E-state index in [9.17, 15) is 13.2 Å². The first kappa shape index (κ1) is 23.4. The van der Waals surface area contributed by atoms with Gasteiger partial charge in [0.05, 0.1) is 26.5 Å². The van der Waals surface area contributed by atoms with Crippen LogP contribution in [0.3, 0.4) is 0 Å². The standard InChI is InChI=1S/C26H26N2O5S/c1-17-10-12-20(13-11-17)27-26(29)25-18(2)21-14-23(32-3)24(33-4)15-22(21)28(34(25,30)31)16-19-8-6-5-7-9-19/h5-15H,16H2,1-4H3,(H,27,29). The van der Waals surface area contributed by atoms with Gasteiger partial charge in [-0.2, -0.15) is 0 Å². The fourth-order valence-corrected chi connectivity index (χ4v) is 5.69. The number of amides is 1. The Bertz CT molecular complexity index is 1360. The minimum absolute atomic E-state index is 0.0558. The maximum atomic E-state index is 13.9. The molecule has 3 aromatic rings. The van der Waals surface area contributed by atoms with E-state index in [0.29, 0.717) is 34.0 Å². The molecule has 176 valence electrons. The lowest BCUT2D eigenvalue weighted by Gasteiger charge is -2.33. The summed E-state index contributed by atoms with van der Waals surface area (Å²) in [5.74, 6) is 0.146. The van der Waals surface area contributed by atoms with Gasteiger partial charge in [0.25, 0.3) is 15.9 Å². The van der Waals surface area contributed by atoms with Gasteiger partial charge in [-0.15, -0.1) is 0 Å². The number of nitrogens with one attached hydrogen (secondary N) is 1. The van der Waals surface area contributed by atoms with Gasteiger partial charge in [0.1, 0.15) is 0 Å². The zero-order chi connectivity index (χ0) is 24.5. The Hall–Kier alpha value is -3.78. The van der Waals surface area contributed by atoms with E-state index in [1.54, 1.807) is 31.2 Å². The van der Waals surface area contributed by atoms with Gasteiger partial charge in [-0.1, -0.05) is 48.0 Å². The summed E-state index contributed by atoms with van der Waals surface area (Å²) >= 11 is 0. The maximum absolute atomic E-state index is 13.9. The number of carbonyl (C=O) groups excluding carboxylic acids is 1. The Balaban J connectivity index is 1.88. The van der Waals surface area contributed by atoms with Crippen molar-refractivity contribution in [1.29, 1.82) is 0 Å². The molecule has 1 aliphatic rings. The summed E-state index contributed by atoms with van der Waals surface area (Å²) in [4.78, 5) is 13.0. The van der Waals surface area contributed by atoms with E-state index in [2.05, 4.69) is 5.32 Å². The van der Waals surface area contributed by atoms with Crippen LogP contribution < -0.4 is 19.1 Å². The summed E-state index contributed by atoms with van der Waals surface area (Å²) in [6.07, 6.45) is 0. The molecule has 0 spiro atoms. The summed E-state index contributed by atoms with van der Waals surface area (Å²) < 4.78 is 39.8. The molecule has 1 amide bonds. The molecule has 0 atom stereocenters. The number of methoxy groups -OCH3 is 2. The molecule has 0 bridgehead atoms. The van der Waals surface area contributed by atoms with E-state index in [0.717, 1.165) is 11.1 Å². The number of carbonyl (C=O) groups is 1. The van der Waals surface area contributed by atoms with E-state index in [-0.39, 0.29) is 11.4 Å². The number of hydrogen-bond acceptors (Lipinski definition) is 5. The van der Waals surface area contributed by atoms with Crippen LogP contribution in [0.5, 0.6) is 11.5 Å². The molecule has 0 aliphatic carbocycles. The van der Waals surface area contributed by atoms with Crippen molar-refractivity contribution < 1.29 is 22.7 Å². The molecule has 0 saturated carbocycles. The molecule has 0 fully saturated rings. The fourth-order valence-electron chi connectivity index (χ4n) is 3.96. The molecule has 0 radical (unpaired) electrons. The molecular weight excluding hydrogens is 452 g/mol. The highest BCUT2D eigenvalue weighted by Crippen LogP contribution is 2.45. The van der Waals surface area contributed by atoms with E-state index in [1.165, 1.54) is 18.5 Å². The average Bonchev–Trinajstić information content (AvgIpc) is 2.83. The maximum Gasteiger partial charge on any atom is 0.270 e. The van der Waals surface area contributed by atoms with E-state index >= 15 is 0 Å². The van der Waals surface area contributed by atoms with Crippen molar-refractivity contribution in [3.8, 4) is 11.5 Å². The number of fused-ring (bicyclic) bond motifs is 1. The Morgan fingerprint density at radius 3 is 2.15 bits per heavy atom. The molecule has 4 rings (SSSR count). The van der Waals surface area contributed by atoms with Crippen molar-refractivity contribution in [2.75, 3.05) is 23.8 Å². The van der Waals surface area contributed by atoms with E-state index in [1.807, 2.05) is 49.4 Å². The molecule has 1 heterocycles. The van der Waals surface area contributed by atoms with Crippen molar-refractivity contribution in [2.24, 2.45) is 0 Å². The topological polar surface area (TPSA) is 84.9 Å². The van der Waals surface area contributed by atoms with Gasteiger partial charge >= 0.3 is 0 Å². The minimum atomic E-state index is -4.19. The quantitative estimate of drug-likeness (QED) is 0.554. The summed E-state index contributed by atoms with van der Waals surface area (Å²) in [7, 11) is -1.19. The third-order valence-corrected chi connectivity index (χ3v) is 7.66. The summed E-state index contributed by atoms with van der Waals surface area (Å²) in [6, 6.07) is 19.7. The molecule has 34 heavy (non-hydrogen) atoms. The second-order valence-corrected chi connectivity index (χ2v) is 9.80. The normalized spacial score (nSPS) is 14.4. The van der Waals surface area contributed by atoms with Gasteiger partial charge in [-0.25, -0.2) is 8.42 Å². The third kappa shape index (κ3) is 4.24. The molecule has 1 aliphatic heterocycles. The van der Waals surface area contributed by atoms with Crippen molar-refractivity contribution in [2.45, 2.75) is 20.4 Å². The van der Waals surface area contributed by atoms with Gasteiger partial charge in [0.2, 0.25) is 0 Å². The number of allylic oxidation sites excluding steroid dienone is 1. The highest BCUT2D eigenvalue weighted by atomic mass is 32.2. The number of nitrogens with zero attached hydrogens (tertiary/aromatic N) is 1. The summed E-state index contributed by atoms with van der Waals surface area (Å²) in [6.45, 7) is 3.62. The largest absolute Gasteiger partial charge is 0.493 e. The number of sulfonamides is 1. The first-order chi connectivity index (χ1) is 16.3. The lowest BCUT2D eigenvalue weighted by atomic mass is 10.0. The lowest BCUT2D eigenvalue weighted by Crippen LogP contribution is -2.39. The molecule has 0 saturated heterocycles. The monoisotopic (exact) mass is 478 g/mol. The number of aryl methyl sites for hydroxylation is 1. The predicted molar refractivity (Wildman–Crippen MR) is 133 cm³/mol. The number of anilines is 2. The molecule has 3 aromatic carbocycles. The summed E-state index contributed by atoms with van der Waals surface area (Å²) in [5, 5.41) is 2.73. The zero-order valence-corrected chi connectivity index (χ0v) is 20.3. The van der Waals surface area contributed by atoms with Gasteiger partial charge in [0, 0.05) is 17.3 Å². The van der Waals surface area contributed by atoms with Crippen LogP contribution in [0.4, 0.5) is 11.4 Å². The van der Waals surface area contributed by atoms with Crippen LogP contribution >= 0.6 is 0 Å². The van der Waals surface area contributed by atoms with E-state index in [4.69, 9.17) is 9.47 Å². The number of benzene rings is 3. The zero-order valence-electron chi connectivity index (χ0n) is 19.5. The summed E-state index contributed by atoms with van der Waals surface area (Å²) in [5.41, 5.74) is 3.67. The molecule has 0 aromatic heterocycles. The first-order valence-electron chi connectivity index (χ1n) is 10.7.